The number of nitrogens with two attached hydrogens (primary N) is 1. The van der Waals surface area contributed by atoms with Crippen molar-refractivity contribution in [1.82, 2.24) is 5.32 Å². The Labute approximate surface area is 119 Å². The van der Waals surface area contributed by atoms with E-state index in [-0.39, 0.29) is 18.2 Å². The van der Waals surface area contributed by atoms with Gasteiger partial charge in [-0.05, 0) is 18.0 Å². The largest absolute Gasteiger partial charge is 0.481 e. The molecule has 1 rings (SSSR count). The van der Waals surface area contributed by atoms with Crippen molar-refractivity contribution >= 4 is 11.9 Å². The van der Waals surface area contributed by atoms with Gasteiger partial charge in [-0.15, -0.1) is 0 Å². The van der Waals surface area contributed by atoms with E-state index in [1.807, 2.05) is 37.3 Å². The van der Waals surface area contributed by atoms with Gasteiger partial charge in [-0.2, -0.15) is 0 Å². The van der Waals surface area contributed by atoms with Crippen molar-refractivity contribution in [2.75, 3.05) is 6.54 Å². The van der Waals surface area contributed by atoms with Crippen LogP contribution in [0, 0.1) is 5.92 Å². The molecule has 0 saturated heterocycles. The Morgan fingerprint density at radius 3 is 2.40 bits per heavy atom. The predicted molar refractivity (Wildman–Crippen MR) is 77.0 cm³/mol. The number of carbonyl (C=O) groups is 2. The summed E-state index contributed by atoms with van der Waals surface area (Å²) in [5.41, 5.74) is 6.38. The first-order chi connectivity index (χ1) is 9.56. The summed E-state index contributed by atoms with van der Waals surface area (Å²) in [5, 5.41) is 11.7. The number of rotatable bonds is 8. The summed E-state index contributed by atoms with van der Waals surface area (Å²) in [4.78, 5) is 22.9. The van der Waals surface area contributed by atoms with Gasteiger partial charge in [0.2, 0.25) is 5.91 Å². The van der Waals surface area contributed by atoms with Crippen LogP contribution in [0.5, 0.6) is 0 Å². The van der Waals surface area contributed by atoms with Crippen LogP contribution in [0.4, 0.5) is 0 Å². The van der Waals surface area contributed by atoms with Gasteiger partial charge in [0.15, 0.2) is 0 Å². The zero-order valence-electron chi connectivity index (χ0n) is 11.7. The van der Waals surface area contributed by atoms with E-state index in [2.05, 4.69) is 5.32 Å². The minimum absolute atomic E-state index is 0.130. The predicted octanol–water partition coefficient (Wildman–Crippen LogP) is 1.69. The summed E-state index contributed by atoms with van der Waals surface area (Å²) < 4.78 is 0. The number of aliphatic carboxylic acids is 1. The molecule has 0 fully saturated rings. The zero-order valence-corrected chi connectivity index (χ0v) is 11.7. The normalized spacial score (nSPS) is 13.5. The summed E-state index contributed by atoms with van der Waals surface area (Å²) >= 11 is 0. The molecule has 0 bridgehead atoms. The Morgan fingerprint density at radius 1 is 1.25 bits per heavy atom. The van der Waals surface area contributed by atoms with Crippen LogP contribution in [0.2, 0.25) is 0 Å². The van der Waals surface area contributed by atoms with Crippen LogP contribution in [-0.2, 0) is 9.59 Å². The van der Waals surface area contributed by atoms with Gasteiger partial charge >= 0.3 is 5.97 Å². The van der Waals surface area contributed by atoms with Gasteiger partial charge in [-0.3, -0.25) is 9.59 Å². The third-order valence-corrected chi connectivity index (χ3v) is 3.30. The number of benzene rings is 1. The molecule has 2 unspecified atom stereocenters. The first-order valence-corrected chi connectivity index (χ1v) is 6.83. The lowest BCUT2D eigenvalue weighted by Crippen LogP contribution is -2.32. The van der Waals surface area contributed by atoms with Gasteiger partial charge in [0.1, 0.15) is 0 Å². The Kier molecular flexibility index (Phi) is 6.73. The van der Waals surface area contributed by atoms with Gasteiger partial charge in [0, 0.05) is 6.42 Å². The molecule has 0 aliphatic rings. The summed E-state index contributed by atoms with van der Waals surface area (Å²) in [6, 6.07) is 8.62. The third kappa shape index (κ3) is 5.40. The molecule has 0 aromatic heterocycles. The van der Waals surface area contributed by atoms with Crippen molar-refractivity contribution in [1.29, 1.82) is 0 Å². The Balaban J connectivity index is 2.70. The molecular weight excluding hydrogens is 256 g/mol. The first-order valence-electron chi connectivity index (χ1n) is 6.83. The molecule has 0 spiro atoms. The fraction of sp³-hybridized carbons (Fsp3) is 0.467. The van der Waals surface area contributed by atoms with Crippen molar-refractivity contribution < 1.29 is 14.7 Å². The molecule has 0 saturated carbocycles. The molecule has 0 aliphatic heterocycles. The lowest BCUT2D eigenvalue weighted by molar-refractivity contribution is -0.137. The van der Waals surface area contributed by atoms with Crippen molar-refractivity contribution in [3.63, 3.8) is 0 Å². The van der Waals surface area contributed by atoms with Crippen molar-refractivity contribution in [3.8, 4) is 0 Å². The lowest BCUT2D eigenvalue weighted by atomic mass is 10.00. The van der Waals surface area contributed by atoms with Crippen molar-refractivity contribution in [2.45, 2.75) is 32.2 Å². The maximum Gasteiger partial charge on any atom is 0.305 e. The molecule has 20 heavy (non-hydrogen) atoms. The average molecular weight is 278 g/mol. The van der Waals surface area contributed by atoms with E-state index < -0.39 is 12.0 Å². The van der Waals surface area contributed by atoms with Crippen molar-refractivity contribution in [2.24, 2.45) is 11.7 Å². The zero-order chi connectivity index (χ0) is 15.0. The van der Waals surface area contributed by atoms with Gasteiger partial charge in [-0.1, -0.05) is 43.7 Å². The van der Waals surface area contributed by atoms with Crippen LogP contribution in [-0.4, -0.2) is 23.5 Å². The molecule has 5 heteroatoms. The first kappa shape index (κ1) is 16.2. The Morgan fingerprint density at radius 2 is 1.90 bits per heavy atom. The maximum absolute atomic E-state index is 12.0. The third-order valence-electron chi connectivity index (χ3n) is 3.30. The summed E-state index contributed by atoms with van der Waals surface area (Å²) in [6.45, 7) is 2.44. The minimum Gasteiger partial charge on any atom is -0.481 e. The summed E-state index contributed by atoms with van der Waals surface area (Å²) in [6.07, 6.45) is 1.03. The SMILES string of the molecule is CCC(CN)CC(=O)NC(CC(=O)O)c1ccccc1. The molecule has 0 heterocycles. The van der Waals surface area contributed by atoms with Crippen LogP contribution in [0.1, 0.15) is 37.8 Å². The number of amides is 1. The highest BCUT2D eigenvalue weighted by molar-refractivity contribution is 5.78. The van der Waals surface area contributed by atoms with E-state index in [1.165, 1.54) is 0 Å². The maximum atomic E-state index is 12.0. The van der Waals surface area contributed by atoms with E-state index in [4.69, 9.17) is 10.8 Å². The van der Waals surface area contributed by atoms with E-state index in [0.29, 0.717) is 13.0 Å². The highest BCUT2D eigenvalue weighted by Gasteiger charge is 2.19. The van der Waals surface area contributed by atoms with Gasteiger partial charge in [-0.25, -0.2) is 0 Å². The second-order valence-electron chi connectivity index (χ2n) is 4.84. The quantitative estimate of drug-likeness (QED) is 0.674. The molecule has 1 aromatic carbocycles. The average Bonchev–Trinajstić information content (AvgIpc) is 2.44. The number of hydrogen-bond acceptors (Lipinski definition) is 3. The Hall–Kier alpha value is -1.88. The molecular formula is C15H22N2O3. The number of carbonyl (C=O) groups excluding carboxylic acids is 1. The highest BCUT2D eigenvalue weighted by atomic mass is 16.4. The van der Waals surface area contributed by atoms with E-state index in [0.717, 1.165) is 12.0 Å². The molecule has 4 N–H and O–H groups in total. The van der Waals surface area contributed by atoms with Crippen LogP contribution < -0.4 is 11.1 Å². The molecule has 1 aromatic rings. The number of nitrogens with one attached hydrogen (secondary N) is 1. The fourth-order valence-corrected chi connectivity index (χ4v) is 2.02. The smallest absolute Gasteiger partial charge is 0.305 e. The fourth-order valence-electron chi connectivity index (χ4n) is 2.02. The van der Waals surface area contributed by atoms with Gasteiger partial charge in [0.05, 0.1) is 12.5 Å². The van der Waals surface area contributed by atoms with E-state index >= 15 is 0 Å². The topological polar surface area (TPSA) is 92.4 Å². The van der Waals surface area contributed by atoms with Crippen LogP contribution in [0.3, 0.4) is 0 Å². The van der Waals surface area contributed by atoms with Crippen LogP contribution in [0.15, 0.2) is 30.3 Å². The summed E-state index contributed by atoms with van der Waals surface area (Å²) in [7, 11) is 0. The highest BCUT2D eigenvalue weighted by Crippen LogP contribution is 2.17. The monoisotopic (exact) mass is 278 g/mol. The second kappa shape index (κ2) is 8.32. The number of carboxylic acids is 1. The second-order valence-corrected chi connectivity index (χ2v) is 4.84. The van der Waals surface area contributed by atoms with Crippen molar-refractivity contribution in [3.05, 3.63) is 35.9 Å². The number of carboxylic acid groups (broad SMARTS) is 1. The minimum atomic E-state index is -0.940. The molecule has 0 aliphatic carbocycles. The number of hydrogen-bond donors (Lipinski definition) is 3. The van der Waals surface area contributed by atoms with E-state index in [9.17, 15) is 9.59 Å². The van der Waals surface area contributed by atoms with Crippen LogP contribution in [0.25, 0.3) is 0 Å². The lowest BCUT2D eigenvalue weighted by Gasteiger charge is -2.19. The standard InChI is InChI=1S/C15H22N2O3/c1-2-11(10-16)8-14(18)17-13(9-15(19)20)12-6-4-3-5-7-12/h3-7,11,13H,2,8-10,16H2,1H3,(H,17,18)(H,19,20). The molecule has 2 atom stereocenters. The van der Waals surface area contributed by atoms with Gasteiger partial charge < -0.3 is 16.2 Å². The van der Waals surface area contributed by atoms with Gasteiger partial charge in [0.25, 0.3) is 0 Å². The molecule has 0 radical (unpaired) electrons. The molecule has 110 valence electrons. The summed E-state index contributed by atoms with van der Waals surface area (Å²) in [5.74, 6) is -0.960. The molecule has 5 nitrogen and oxygen atoms in total. The molecule has 1 amide bonds. The van der Waals surface area contributed by atoms with Crippen LogP contribution >= 0.6 is 0 Å². The Bertz CT molecular complexity index is 430. The van der Waals surface area contributed by atoms with E-state index in [1.54, 1.807) is 0 Å².